The molecule has 1 aliphatic heterocycles. The van der Waals surface area contributed by atoms with E-state index in [1.807, 2.05) is 30.3 Å². The van der Waals surface area contributed by atoms with Gasteiger partial charge in [0.2, 0.25) is 0 Å². The van der Waals surface area contributed by atoms with Crippen molar-refractivity contribution in [2.24, 2.45) is 0 Å². The number of hydrogen-bond acceptors (Lipinski definition) is 6. The fraction of sp³-hybridized carbons (Fsp3) is 0.250. The molecule has 3 aromatic heterocycles. The zero-order valence-electron chi connectivity index (χ0n) is 20.3. The van der Waals surface area contributed by atoms with Crippen molar-refractivity contribution in [2.75, 3.05) is 26.2 Å². The van der Waals surface area contributed by atoms with Crippen LogP contribution in [0.3, 0.4) is 0 Å². The quantitative estimate of drug-likeness (QED) is 0.366. The standard InChI is InChI=1S/C28H26FN7O/c29-23-17-21(6-7-22(23)28(37)31-12-15-35-13-1-2-14-35)25-9-10-26-27(32-25)36(34-33-26)18-19-5-8-24-20(16-19)4-3-11-30-24/h3-11,16-17H,1-2,12-15,18H2,(H,31,37). The molecule has 8 nitrogen and oxygen atoms in total. The highest BCUT2D eigenvalue weighted by atomic mass is 19.1. The monoisotopic (exact) mass is 495 g/mol. The lowest BCUT2D eigenvalue weighted by Gasteiger charge is -2.15. The summed E-state index contributed by atoms with van der Waals surface area (Å²) >= 11 is 0. The first-order valence-electron chi connectivity index (χ1n) is 12.5. The Morgan fingerprint density at radius 2 is 1.86 bits per heavy atom. The van der Waals surface area contributed by atoms with Crippen LogP contribution in [-0.2, 0) is 6.54 Å². The van der Waals surface area contributed by atoms with Gasteiger partial charge in [-0.25, -0.2) is 14.1 Å². The van der Waals surface area contributed by atoms with Crippen molar-refractivity contribution in [3.63, 3.8) is 0 Å². The summed E-state index contributed by atoms with van der Waals surface area (Å²) < 4.78 is 16.7. The first-order chi connectivity index (χ1) is 18.1. The lowest BCUT2D eigenvalue weighted by atomic mass is 10.1. The number of benzene rings is 2. The molecule has 1 amide bonds. The highest BCUT2D eigenvalue weighted by Crippen LogP contribution is 2.23. The van der Waals surface area contributed by atoms with Crippen LogP contribution in [0.25, 0.3) is 33.3 Å². The van der Waals surface area contributed by atoms with Gasteiger partial charge >= 0.3 is 0 Å². The molecule has 1 aliphatic rings. The molecule has 0 radical (unpaired) electrons. The molecule has 6 rings (SSSR count). The largest absolute Gasteiger partial charge is 0.351 e. The summed E-state index contributed by atoms with van der Waals surface area (Å²) in [4.78, 5) is 23.9. The molecule has 0 saturated carbocycles. The van der Waals surface area contributed by atoms with Gasteiger partial charge < -0.3 is 10.2 Å². The van der Waals surface area contributed by atoms with Gasteiger partial charge in [0.25, 0.3) is 5.91 Å². The van der Waals surface area contributed by atoms with Crippen LogP contribution in [0, 0.1) is 5.82 Å². The Hall–Kier alpha value is -4.24. The average Bonchev–Trinajstić information content (AvgIpc) is 3.58. The van der Waals surface area contributed by atoms with E-state index >= 15 is 0 Å². The van der Waals surface area contributed by atoms with Crippen molar-refractivity contribution < 1.29 is 9.18 Å². The Balaban J connectivity index is 1.20. The van der Waals surface area contributed by atoms with Gasteiger partial charge in [0.1, 0.15) is 11.3 Å². The number of hydrogen-bond donors (Lipinski definition) is 1. The van der Waals surface area contributed by atoms with E-state index in [1.165, 1.54) is 25.0 Å². The molecule has 0 unspecified atom stereocenters. The van der Waals surface area contributed by atoms with Gasteiger partial charge in [-0.05, 0) is 74.0 Å². The number of aromatic nitrogens is 5. The van der Waals surface area contributed by atoms with E-state index in [1.54, 1.807) is 23.0 Å². The Morgan fingerprint density at radius 1 is 1.00 bits per heavy atom. The molecule has 0 aliphatic carbocycles. The predicted octanol–water partition coefficient (Wildman–Crippen LogP) is 4.05. The highest BCUT2D eigenvalue weighted by molar-refractivity contribution is 5.95. The van der Waals surface area contributed by atoms with Gasteiger partial charge in [-0.2, -0.15) is 0 Å². The van der Waals surface area contributed by atoms with E-state index in [4.69, 9.17) is 4.98 Å². The molecule has 186 valence electrons. The molecule has 9 heteroatoms. The van der Waals surface area contributed by atoms with Gasteiger partial charge in [0, 0.05) is 30.2 Å². The van der Waals surface area contributed by atoms with Crippen molar-refractivity contribution >= 4 is 28.0 Å². The van der Waals surface area contributed by atoms with Crippen LogP contribution >= 0.6 is 0 Å². The number of fused-ring (bicyclic) bond motifs is 2. The van der Waals surface area contributed by atoms with Gasteiger partial charge in [-0.1, -0.05) is 23.4 Å². The maximum Gasteiger partial charge on any atom is 0.254 e. The Morgan fingerprint density at radius 3 is 2.73 bits per heavy atom. The molecule has 1 N–H and O–H groups in total. The third-order valence-corrected chi connectivity index (χ3v) is 6.78. The number of carbonyl (C=O) groups is 1. The van der Waals surface area contributed by atoms with Crippen LogP contribution in [0.1, 0.15) is 28.8 Å². The number of likely N-dealkylation sites (tertiary alicyclic amines) is 1. The van der Waals surface area contributed by atoms with Crippen LogP contribution in [0.4, 0.5) is 4.39 Å². The van der Waals surface area contributed by atoms with E-state index in [9.17, 15) is 9.18 Å². The minimum Gasteiger partial charge on any atom is -0.351 e. The zero-order chi connectivity index (χ0) is 25.2. The molecule has 5 aromatic rings. The second kappa shape index (κ2) is 10.0. The highest BCUT2D eigenvalue weighted by Gasteiger charge is 2.16. The van der Waals surface area contributed by atoms with Crippen LogP contribution in [0.5, 0.6) is 0 Å². The summed E-state index contributed by atoms with van der Waals surface area (Å²) in [6.45, 7) is 3.90. The normalized spacial score (nSPS) is 14.0. The minimum atomic E-state index is -0.575. The van der Waals surface area contributed by atoms with Gasteiger partial charge in [0.05, 0.1) is 23.3 Å². The van der Waals surface area contributed by atoms with E-state index in [0.717, 1.165) is 36.1 Å². The SMILES string of the molecule is O=C(NCCN1CCCC1)c1ccc(-c2ccc3nnn(Cc4ccc5ncccc5c4)c3n2)cc1F. The lowest BCUT2D eigenvalue weighted by molar-refractivity contribution is 0.0945. The van der Waals surface area contributed by atoms with E-state index in [2.05, 4.69) is 31.6 Å². The van der Waals surface area contributed by atoms with Crippen LogP contribution < -0.4 is 5.32 Å². The van der Waals surface area contributed by atoms with E-state index < -0.39 is 11.7 Å². The molecule has 0 atom stereocenters. The van der Waals surface area contributed by atoms with Crippen LogP contribution in [-0.4, -0.2) is 61.9 Å². The first kappa shape index (κ1) is 23.2. The summed E-state index contributed by atoms with van der Waals surface area (Å²) in [5, 5.41) is 12.4. The Labute approximate surface area is 213 Å². The number of nitrogens with zero attached hydrogens (tertiary/aromatic N) is 6. The first-order valence-corrected chi connectivity index (χ1v) is 12.5. The maximum absolute atomic E-state index is 14.9. The Bertz CT molecular complexity index is 1590. The summed E-state index contributed by atoms with van der Waals surface area (Å²) in [5.41, 5.74) is 4.43. The van der Waals surface area contributed by atoms with Gasteiger partial charge in [-0.15, -0.1) is 5.10 Å². The van der Waals surface area contributed by atoms with Crippen molar-refractivity contribution in [3.05, 3.63) is 83.8 Å². The topological polar surface area (TPSA) is 88.8 Å². The number of halogens is 1. The second-order valence-electron chi connectivity index (χ2n) is 9.32. The third-order valence-electron chi connectivity index (χ3n) is 6.78. The zero-order valence-corrected chi connectivity index (χ0v) is 20.3. The van der Waals surface area contributed by atoms with Crippen LogP contribution in [0.15, 0.2) is 66.9 Å². The molecule has 0 bridgehead atoms. The van der Waals surface area contributed by atoms with Gasteiger partial charge in [0.15, 0.2) is 5.65 Å². The number of rotatable bonds is 7. The fourth-order valence-electron chi connectivity index (χ4n) is 4.80. The molecular weight excluding hydrogens is 469 g/mol. The number of amides is 1. The second-order valence-corrected chi connectivity index (χ2v) is 9.32. The maximum atomic E-state index is 14.9. The third kappa shape index (κ3) is 4.90. The summed E-state index contributed by atoms with van der Waals surface area (Å²) in [5.74, 6) is -0.978. The summed E-state index contributed by atoms with van der Waals surface area (Å²) in [7, 11) is 0. The molecule has 37 heavy (non-hydrogen) atoms. The fourth-order valence-corrected chi connectivity index (χ4v) is 4.80. The molecule has 1 fully saturated rings. The number of carbonyl (C=O) groups excluding carboxylic acids is 1. The molecule has 0 spiro atoms. The molecule has 4 heterocycles. The Kier molecular flexibility index (Phi) is 6.28. The number of nitrogens with one attached hydrogen (secondary N) is 1. The van der Waals surface area contributed by atoms with E-state index in [-0.39, 0.29) is 5.56 Å². The van der Waals surface area contributed by atoms with Crippen molar-refractivity contribution in [2.45, 2.75) is 19.4 Å². The summed E-state index contributed by atoms with van der Waals surface area (Å²) in [6.07, 6.45) is 4.17. The smallest absolute Gasteiger partial charge is 0.254 e. The van der Waals surface area contributed by atoms with Crippen LogP contribution in [0.2, 0.25) is 0 Å². The molecule has 1 saturated heterocycles. The van der Waals surface area contributed by atoms with Gasteiger partial charge in [-0.3, -0.25) is 9.78 Å². The van der Waals surface area contributed by atoms with E-state index in [0.29, 0.717) is 35.5 Å². The van der Waals surface area contributed by atoms with Crippen molar-refractivity contribution in [1.82, 2.24) is 35.2 Å². The predicted molar refractivity (Wildman–Crippen MR) is 140 cm³/mol. The van der Waals surface area contributed by atoms with Crippen molar-refractivity contribution in [3.8, 4) is 11.3 Å². The van der Waals surface area contributed by atoms with Crippen molar-refractivity contribution in [1.29, 1.82) is 0 Å². The molecule has 2 aromatic carbocycles. The average molecular weight is 496 g/mol. The lowest BCUT2D eigenvalue weighted by Crippen LogP contribution is -2.33. The summed E-state index contributed by atoms with van der Waals surface area (Å²) in [6, 6.07) is 18.2. The molecular formula is C28H26FN7O. The number of pyridine rings is 2. The minimum absolute atomic E-state index is 0.0313.